The van der Waals surface area contributed by atoms with Crippen LogP contribution in [0.15, 0.2) is 29.4 Å². The zero-order chi connectivity index (χ0) is 14.3. The number of benzene rings is 1. The lowest BCUT2D eigenvalue weighted by atomic mass is 10.1. The van der Waals surface area contributed by atoms with E-state index in [9.17, 15) is 9.90 Å². The number of halogens is 1. The van der Waals surface area contributed by atoms with Gasteiger partial charge in [-0.3, -0.25) is 4.79 Å². The Morgan fingerprint density at radius 1 is 1.42 bits per heavy atom. The monoisotopic (exact) mass is 282 g/mol. The van der Waals surface area contributed by atoms with Crippen molar-refractivity contribution in [2.24, 2.45) is 5.10 Å². The van der Waals surface area contributed by atoms with Crippen LogP contribution in [0.4, 0.5) is 0 Å². The molecular weight excluding hydrogens is 264 g/mol. The summed E-state index contributed by atoms with van der Waals surface area (Å²) in [5, 5.41) is 14.4. The van der Waals surface area contributed by atoms with Crippen LogP contribution in [0.1, 0.15) is 44.8 Å². The fourth-order valence-corrected chi connectivity index (χ4v) is 1.62. The van der Waals surface area contributed by atoms with Gasteiger partial charge in [0.2, 0.25) is 0 Å². The number of rotatable bonds is 6. The smallest absolute Gasteiger partial charge is 0.273 e. The quantitative estimate of drug-likeness (QED) is 0.622. The fourth-order valence-electron chi connectivity index (χ4n) is 1.50. The summed E-state index contributed by atoms with van der Waals surface area (Å²) in [6, 6.07) is 6.48. The number of carbonyl (C=O) groups is 1. The van der Waals surface area contributed by atoms with Crippen molar-refractivity contribution in [1.82, 2.24) is 5.43 Å². The second-order valence-corrected chi connectivity index (χ2v) is 4.82. The Labute approximate surface area is 118 Å². The topological polar surface area (TPSA) is 61.7 Å². The van der Waals surface area contributed by atoms with E-state index in [2.05, 4.69) is 17.5 Å². The molecule has 1 aromatic carbocycles. The van der Waals surface area contributed by atoms with Crippen LogP contribution >= 0.6 is 11.6 Å². The van der Waals surface area contributed by atoms with E-state index in [0.29, 0.717) is 10.6 Å². The predicted octanol–water partition coefficient (Wildman–Crippen LogP) is 3.06. The maximum Gasteiger partial charge on any atom is 0.273 e. The maximum atomic E-state index is 11.7. The van der Waals surface area contributed by atoms with Gasteiger partial charge in [-0.1, -0.05) is 37.1 Å². The molecule has 0 spiro atoms. The van der Waals surface area contributed by atoms with Crippen molar-refractivity contribution in [3.05, 3.63) is 34.9 Å². The third-order valence-corrected chi connectivity index (χ3v) is 2.94. The van der Waals surface area contributed by atoms with Crippen LogP contribution in [0.25, 0.3) is 0 Å². The summed E-state index contributed by atoms with van der Waals surface area (Å²) in [7, 11) is 0. The summed E-state index contributed by atoms with van der Waals surface area (Å²) in [6.07, 6.45) is 1.72. The summed E-state index contributed by atoms with van der Waals surface area (Å²) in [5.41, 5.74) is 3.71. The van der Waals surface area contributed by atoms with Gasteiger partial charge in [0.15, 0.2) is 6.10 Å². The van der Waals surface area contributed by atoms with Crippen LogP contribution in [0.2, 0.25) is 5.02 Å². The fraction of sp³-hybridized carbons (Fsp3) is 0.429. The van der Waals surface area contributed by atoms with Crippen molar-refractivity contribution < 1.29 is 9.90 Å². The van der Waals surface area contributed by atoms with Gasteiger partial charge in [-0.05, 0) is 37.5 Å². The van der Waals surface area contributed by atoms with Gasteiger partial charge in [0.1, 0.15) is 0 Å². The molecule has 0 aliphatic heterocycles. The maximum absolute atomic E-state index is 11.7. The second-order valence-electron chi connectivity index (χ2n) is 4.38. The molecule has 1 amide bonds. The number of nitrogens with one attached hydrogen (secondary N) is 1. The molecule has 0 heterocycles. The van der Waals surface area contributed by atoms with Crippen LogP contribution in [0.5, 0.6) is 0 Å². The Balaban J connectivity index is 2.55. The highest BCUT2D eigenvalue weighted by atomic mass is 35.5. The Kier molecular flexibility index (Phi) is 6.53. The van der Waals surface area contributed by atoms with Gasteiger partial charge in [0.05, 0.1) is 0 Å². The van der Waals surface area contributed by atoms with Crippen molar-refractivity contribution in [1.29, 1.82) is 0 Å². The Morgan fingerprint density at radius 2 is 2.05 bits per heavy atom. The molecule has 0 saturated heterocycles. The number of nitrogens with zero attached hydrogens (tertiary/aromatic N) is 1. The third-order valence-electron chi connectivity index (χ3n) is 2.68. The predicted molar refractivity (Wildman–Crippen MR) is 77.2 cm³/mol. The lowest BCUT2D eigenvalue weighted by molar-refractivity contribution is -0.129. The van der Waals surface area contributed by atoms with Crippen molar-refractivity contribution >= 4 is 23.2 Å². The van der Waals surface area contributed by atoms with Gasteiger partial charge >= 0.3 is 0 Å². The summed E-state index contributed by atoms with van der Waals surface area (Å²) >= 11 is 5.74. The zero-order valence-electron chi connectivity index (χ0n) is 11.2. The first-order valence-corrected chi connectivity index (χ1v) is 6.69. The number of hydrogen-bond acceptors (Lipinski definition) is 3. The van der Waals surface area contributed by atoms with E-state index in [1.165, 1.54) is 0 Å². The van der Waals surface area contributed by atoms with Gasteiger partial charge in [-0.15, -0.1) is 0 Å². The molecule has 1 unspecified atom stereocenters. The number of hydrazone groups is 1. The Hall–Kier alpha value is -1.39. The van der Waals surface area contributed by atoms with E-state index in [1.54, 1.807) is 24.3 Å². The van der Waals surface area contributed by atoms with Crippen LogP contribution in [-0.4, -0.2) is 16.7 Å². The molecule has 0 aliphatic carbocycles. The van der Waals surface area contributed by atoms with Crippen LogP contribution in [-0.2, 0) is 4.79 Å². The summed E-state index contributed by atoms with van der Waals surface area (Å²) < 4.78 is 0. The zero-order valence-corrected chi connectivity index (χ0v) is 11.9. The molecule has 0 aliphatic rings. The molecule has 0 aromatic heterocycles. The van der Waals surface area contributed by atoms with Crippen LogP contribution < -0.4 is 5.43 Å². The molecule has 0 radical (unpaired) electrons. The number of aliphatic hydroxyl groups excluding tert-OH is 1. The molecular formula is C14H19ClN2O2. The van der Waals surface area contributed by atoms with Gasteiger partial charge in [0, 0.05) is 10.7 Å². The average molecular weight is 283 g/mol. The first kappa shape index (κ1) is 15.7. The number of amides is 1. The molecule has 104 valence electrons. The van der Waals surface area contributed by atoms with E-state index in [-0.39, 0.29) is 0 Å². The molecule has 0 fully saturated rings. The minimum absolute atomic E-state index is 0.489. The lowest BCUT2D eigenvalue weighted by Crippen LogP contribution is -2.26. The summed E-state index contributed by atoms with van der Waals surface area (Å²) in [4.78, 5) is 11.7. The molecule has 19 heavy (non-hydrogen) atoms. The molecule has 1 aromatic rings. The molecule has 0 saturated carbocycles. The van der Waals surface area contributed by atoms with Gasteiger partial charge < -0.3 is 5.11 Å². The molecule has 1 atom stereocenters. The number of carbonyl (C=O) groups excluding carboxylic acids is 1. The SMILES string of the molecule is CCCC/C(C)=N\NC(=O)C(O)c1ccc(Cl)cc1. The van der Waals surface area contributed by atoms with E-state index in [4.69, 9.17) is 11.6 Å². The molecule has 4 nitrogen and oxygen atoms in total. The minimum atomic E-state index is -1.24. The van der Waals surface area contributed by atoms with Crippen LogP contribution in [0.3, 0.4) is 0 Å². The lowest BCUT2D eigenvalue weighted by Gasteiger charge is -2.09. The van der Waals surface area contributed by atoms with Gasteiger partial charge in [-0.2, -0.15) is 5.10 Å². The van der Waals surface area contributed by atoms with Crippen molar-refractivity contribution in [2.75, 3.05) is 0 Å². The highest BCUT2D eigenvalue weighted by Gasteiger charge is 2.16. The van der Waals surface area contributed by atoms with Crippen molar-refractivity contribution in [3.8, 4) is 0 Å². The van der Waals surface area contributed by atoms with E-state index in [0.717, 1.165) is 25.0 Å². The molecule has 0 bridgehead atoms. The molecule has 1 rings (SSSR count). The number of aliphatic hydroxyl groups is 1. The number of hydrogen-bond donors (Lipinski definition) is 2. The molecule has 5 heteroatoms. The minimum Gasteiger partial charge on any atom is -0.378 e. The normalized spacial score (nSPS) is 13.2. The van der Waals surface area contributed by atoms with Gasteiger partial charge in [-0.25, -0.2) is 5.43 Å². The van der Waals surface area contributed by atoms with E-state index < -0.39 is 12.0 Å². The van der Waals surface area contributed by atoms with E-state index >= 15 is 0 Å². The third kappa shape index (κ3) is 5.41. The van der Waals surface area contributed by atoms with Gasteiger partial charge in [0.25, 0.3) is 5.91 Å². The first-order valence-electron chi connectivity index (χ1n) is 6.31. The average Bonchev–Trinajstić information content (AvgIpc) is 2.42. The molecule has 2 N–H and O–H groups in total. The highest BCUT2D eigenvalue weighted by Crippen LogP contribution is 2.16. The van der Waals surface area contributed by atoms with Crippen LogP contribution in [0, 0.1) is 0 Å². The largest absolute Gasteiger partial charge is 0.378 e. The summed E-state index contributed by atoms with van der Waals surface area (Å²) in [6.45, 7) is 3.95. The highest BCUT2D eigenvalue weighted by molar-refractivity contribution is 6.30. The van der Waals surface area contributed by atoms with Crippen molar-refractivity contribution in [2.45, 2.75) is 39.2 Å². The van der Waals surface area contributed by atoms with Crippen molar-refractivity contribution in [3.63, 3.8) is 0 Å². The summed E-state index contributed by atoms with van der Waals surface area (Å²) in [5.74, 6) is -0.543. The second kappa shape index (κ2) is 7.92. The Morgan fingerprint density at radius 3 is 2.63 bits per heavy atom. The Bertz CT molecular complexity index is 443. The standard InChI is InChI=1S/C14H19ClN2O2/c1-3-4-5-10(2)16-17-14(19)13(18)11-6-8-12(15)9-7-11/h6-9,13,18H,3-5H2,1-2H3,(H,17,19)/b16-10-. The van der Waals surface area contributed by atoms with E-state index in [1.807, 2.05) is 6.92 Å². The number of unbranched alkanes of at least 4 members (excludes halogenated alkanes) is 1. The first-order chi connectivity index (χ1) is 9.04.